The number of nitrogens with two attached hydrogens (primary N) is 1. The van der Waals surface area contributed by atoms with Gasteiger partial charge in [-0.15, -0.1) is 0 Å². The number of nitrogens with zero attached hydrogens (tertiary/aromatic N) is 2. The molecule has 0 aliphatic carbocycles. The Morgan fingerprint density at radius 2 is 2.10 bits per heavy atom. The highest BCUT2D eigenvalue weighted by atomic mass is 32.1. The fourth-order valence-corrected chi connectivity index (χ4v) is 2.47. The van der Waals surface area contributed by atoms with Crippen LogP contribution in [0.25, 0.3) is 0 Å². The summed E-state index contributed by atoms with van der Waals surface area (Å²) in [6, 6.07) is 4.33. The number of nitrogens with one attached hydrogen (secondary N) is 1. The maximum atomic E-state index is 13.3. The van der Waals surface area contributed by atoms with Gasteiger partial charge in [0.25, 0.3) is 5.91 Å². The van der Waals surface area contributed by atoms with Gasteiger partial charge in [-0.3, -0.25) is 4.79 Å². The number of carbonyl (C=O) groups is 1. The van der Waals surface area contributed by atoms with Crippen LogP contribution in [0, 0.1) is 12.7 Å². The summed E-state index contributed by atoms with van der Waals surface area (Å²) in [5.74, 6) is -0.617. The Kier molecular flexibility index (Phi) is 3.89. The van der Waals surface area contributed by atoms with Crippen LogP contribution in [0.1, 0.15) is 15.2 Å². The third kappa shape index (κ3) is 3.05. The third-order valence-corrected chi connectivity index (χ3v) is 3.77. The fourth-order valence-electron chi connectivity index (χ4n) is 1.67. The van der Waals surface area contributed by atoms with E-state index in [0.717, 1.165) is 5.56 Å². The number of carbonyl (C=O) groups excluding carboxylic acids is 1. The Bertz CT molecular complexity index is 634. The van der Waals surface area contributed by atoms with E-state index in [0.29, 0.717) is 15.7 Å². The van der Waals surface area contributed by atoms with E-state index in [1.807, 2.05) is 14.1 Å². The second-order valence-corrected chi connectivity index (χ2v) is 5.55. The van der Waals surface area contributed by atoms with E-state index in [2.05, 4.69) is 10.3 Å². The van der Waals surface area contributed by atoms with Crippen LogP contribution in [0.3, 0.4) is 0 Å². The van der Waals surface area contributed by atoms with E-state index in [-0.39, 0.29) is 5.82 Å². The van der Waals surface area contributed by atoms with Crippen molar-refractivity contribution in [2.45, 2.75) is 6.92 Å². The molecule has 7 heteroatoms. The largest absolute Gasteiger partial charge is 0.382 e. The summed E-state index contributed by atoms with van der Waals surface area (Å²) in [6.07, 6.45) is 0. The normalized spacial score (nSPS) is 10.4. The molecule has 0 saturated carbocycles. The molecule has 0 spiro atoms. The molecule has 5 nitrogen and oxygen atoms in total. The number of hydrogen-bond acceptors (Lipinski definition) is 5. The SMILES string of the molecule is Cc1cc(F)cc(NC(=O)c2sc(N(C)C)nc2N)c1. The van der Waals surface area contributed by atoms with Gasteiger partial charge in [-0.25, -0.2) is 9.37 Å². The van der Waals surface area contributed by atoms with Crippen LogP contribution in [0.5, 0.6) is 0 Å². The number of rotatable bonds is 3. The molecule has 0 saturated heterocycles. The first kappa shape index (κ1) is 14.3. The predicted octanol–water partition coefficient (Wildman–Crippen LogP) is 2.49. The molecule has 1 aromatic heterocycles. The zero-order valence-corrected chi connectivity index (χ0v) is 12.2. The van der Waals surface area contributed by atoms with Gasteiger partial charge in [0, 0.05) is 19.8 Å². The highest BCUT2D eigenvalue weighted by molar-refractivity contribution is 7.18. The summed E-state index contributed by atoms with van der Waals surface area (Å²) in [5, 5.41) is 3.27. The molecule has 0 aliphatic rings. The van der Waals surface area contributed by atoms with E-state index in [1.165, 1.54) is 23.5 Å². The lowest BCUT2D eigenvalue weighted by molar-refractivity contribution is 0.103. The lowest BCUT2D eigenvalue weighted by Gasteiger charge is -2.06. The molecular formula is C13H15FN4OS. The highest BCUT2D eigenvalue weighted by Crippen LogP contribution is 2.27. The van der Waals surface area contributed by atoms with E-state index >= 15 is 0 Å². The Morgan fingerprint density at radius 3 is 2.65 bits per heavy atom. The summed E-state index contributed by atoms with van der Waals surface area (Å²) < 4.78 is 13.3. The number of thiazole rings is 1. The van der Waals surface area contributed by atoms with Gasteiger partial charge in [-0.05, 0) is 30.7 Å². The molecule has 0 bridgehead atoms. The number of nitrogen functional groups attached to an aromatic ring is 1. The van der Waals surface area contributed by atoms with Crippen LogP contribution in [0.4, 0.5) is 21.0 Å². The Balaban J connectivity index is 2.23. The Morgan fingerprint density at radius 1 is 1.40 bits per heavy atom. The minimum absolute atomic E-state index is 0.171. The molecular weight excluding hydrogens is 279 g/mol. The first-order chi connectivity index (χ1) is 9.36. The van der Waals surface area contributed by atoms with Gasteiger partial charge < -0.3 is 16.0 Å². The van der Waals surface area contributed by atoms with Crippen molar-refractivity contribution in [3.8, 4) is 0 Å². The molecule has 1 amide bonds. The zero-order chi connectivity index (χ0) is 14.9. The van der Waals surface area contributed by atoms with Crippen molar-refractivity contribution < 1.29 is 9.18 Å². The van der Waals surface area contributed by atoms with Gasteiger partial charge in [-0.2, -0.15) is 0 Å². The number of amides is 1. The van der Waals surface area contributed by atoms with Crippen LogP contribution < -0.4 is 16.0 Å². The molecule has 0 atom stereocenters. The zero-order valence-electron chi connectivity index (χ0n) is 11.4. The van der Waals surface area contributed by atoms with Crippen molar-refractivity contribution in [2.75, 3.05) is 30.0 Å². The molecule has 20 heavy (non-hydrogen) atoms. The number of anilines is 3. The summed E-state index contributed by atoms with van der Waals surface area (Å²) in [6.45, 7) is 1.75. The number of hydrogen-bond donors (Lipinski definition) is 2. The van der Waals surface area contributed by atoms with Crippen LogP contribution in [-0.4, -0.2) is 25.0 Å². The molecule has 2 rings (SSSR count). The maximum absolute atomic E-state index is 13.3. The molecule has 1 aromatic carbocycles. The standard InChI is InChI=1S/C13H15FN4OS/c1-7-4-8(14)6-9(5-7)16-12(19)10-11(15)17-13(20-10)18(2)3/h4-6H,15H2,1-3H3,(H,16,19). The molecule has 2 aromatic rings. The number of benzene rings is 1. The van der Waals surface area contributed by atoms with Crippen molar-refractivity contribution in [2.24, 2.45) is 0 Å². The van der Waals surface area contributed by atoms with Crippen molar-refractivity contribution in [3.63, 3.8) is 0 Å². The lowest BCUT2D eigenvalue weighted by Crippen LogP contribution is -2.12. The van der Waals surface area contributed by atoms with Crippen LogP contribution in [-0.2, 0) is 0 Å². The fraction of sp³-hybridized carbons (Fsp3) is 0.231. The molecule has 3 N–H and O–H groups in total. The number of halogens is 1. The average molecular weight is 294 g/mol. The second kappa shape index (κ2) is 5.46. The molecule has 0 fully saturated rings. The minimum Gasteiger partial charge on any atom is -0.382 e. The van der Waals surface area contributed by atoms with Crippen LogP contribution in [0.15, 0.2) is 18.2 Å². The third-order valence-electron chi connectivity index (χ3n) is 2.53. The van der Waals surface area contributed by atoms with Gasteiger partial charge in [-0.1, -0.05) is 11.3 Å². The van der Waals surface area contributed by atoms with Gasteiger partial charge >= 0.3 is 0 Å². The van der Waals surface area contributed by atoms with Crippen molar-refractivity contribution >= 4 is 33.9 Å². The van der Waals surface area contributed by atoms with Crippen LogP contribution in [0.2, 0.25) is 0 Å². The predicted molar refractivity (Wildman–Crippen MR) is 79.9 cm³/mol. The summed E-state index contributed by atoms with van der Waals surface area (Å²) in [4.78, 5) is 18.3. The smallest absolute Gasteiger partial charge is 0.269 e. The van der Waals surface area contributed by atoms with Crippen LogP contribution >= 0.6 is 11.3 Å². The molecule has 0 unspecified atom stereocenters. The molecule has 0 aliphatic heterocycles. The lowest BCUT2D eigenvalue weighted by atomic mass is 10.2. The van der Waals surface area contributed by atoms with E-state index in [4.69, 9.17) is 5.73 Å². The number of aryl methyl sites for hydroxylation is 1. The second-order valence-electron chi connectivity index (χ2n) is 4.58. The van der Waals surface area contributed by atoms with Gasteiger partial charge in [0.1, 0.15) is 16.5 Å². The van der Waals surface area contributed by atoms with E-state index in [1.54, 1.807) is 17.9 Å². The monoisotopic (exact) mass is 294 g/mol. The van der Waals surface area contributed by atoms with Gasteiger partial charge in [0.15, 0.2) is 5.13 Å². The molecule has 1 heterocycles. The Labute approximate surface area is 120 Å². The Hall–Kier alpha value is -2.15. The maximum Gasteiger partial charge on any atom is 0.269 e. The minimum atomic E-state index is -0.397. The van der Waals surface area contributed by atoms with Gasteiger partial charge in [0.2, 0.25) is 0 Å². The first-order valence-corrected chi connectivity index (χ1v) is 6.70. The van der Waals surface area contributed by atoms with Crippen molar-refractivity contribution in [3.05, 3.63) is 34.5 Å². The first-order valence-electron chi connectivity index (χ1n) is 5.89. The number of aromatic nitrogens is 1. The van der Waals surface area contributed by atoms with Crippen molar-refractivity contribution in [1.82, 2.24) is 4.98 Å². The van der Waals surface area contributed by atoms with E-state index < -0.39 is 11.7 Å². The quantitative estimate of drug-likeness (QED) is 0.912. The van der Waals surface area contributed by atoms with E-state index in [9.17, 15) is 9.18 Å². The summed E-state index contributed by atoms with van der Waals surface area (Å²) in [5.41, 5.74) is 6.85. The molecule has 0 radical (unpaired) electrons. The van der Waals surface area contributed by atoms with Crippen molar-refractivity contribution in [1.29, 1.82) is 0 Å². The topological polar surface area (TPSA) is 71.2 Å². The average Bonchev–Trinajstić information content (AvgIpc) is 2.70. The summed E-state index contributed by atoms with van der Waals surface area (Å²) in [7, 11) is 3.63. The summed E-state index contributed by atoms with van der Waals surface area (Å²) >= 11 is 1.19. The highest BCUT2D eigenvalue weighted by Gasteiger charge is 2.17. The van der Waals surface area contributed by atoms with Gasteiger partial charge in [0.05, 0.1) is 0 Å². The molecule has 106 valence electrons.